The number of carbonyl (C=O) groups excluding carboxylic acids is 2. The number of ketones is 1. The summed E-state index contributed by atoms with van der Waals surface area (Å²) in [5.74, 6) is -0.790. The molecule has 8 heteroatoms. The van der Waals surface area contributed by atoms with Gasteiger partial charge in [0.05, 0.1) is 6.61 Å². The van der Waals surface area contributed by atoms with Gasteiger partial charge in [0.15, 0.2) is 0 Å². The Kier molecular flexibility index (Phi) is 7.88. The number of ether oxygens (including phenoxy) is 1. The van der Waals surface area contributed by atoms with Crippen LogP contribution in [0.15, 0.2) is 30.5 Å². The van der Waals surface area contributed by atoms with E-state index in [0.717, 1.165) is 22.7 Å². The van der Waals surface area contributed by atoms with E-state index in [1.54, 1.807) is 6.92 Å². The standard InChI is InChI=1S/C19H25N5O3/c1-2-27-19(26)18(8-7-15(25)12-24-21)23-11-14(20)9-13-10-22-17-6-4-3-5-16(13)17/h3-6,10,12,14,18,22-23H,2,7-9,11,20H2,1H3. The van der Waals surface area contributed by atoms with Crippen LogP contribution in [0.2, 0.25) is 0 Å². The maximum atomic E-state index is 12.1. The van der Waals surface area contributed by atoms with Crippen LogP contribution in [0.25, 0.3) is 16.4 Å². The molecule has 0 saturated heterocycles. The van der Waals surface area contributed by atoms with Crippen LogP contribution in [0.3, 0.4) is 0 Å². The molecule has 2 unspecified atom stereocenters. The van der Waals surface area contributed by atoms with Crippen molar-refractivity contribution in [1.29, 1.82) is 0 Å². The number of esters is 1. The molecule has 0 aliphatic rings. The molecule has 2 atom stereocenters. The largest absolute Gasteiger partial charge is 0.465 e. The predicted molar refractivity (Wildman–Crippen MR) is 102 cm³/mol. The lowest BCUT2D eigenvalue weighted by molar-refractivity contribution is -0.145. The summed E-state index contributed by atoms with van der Waals surface area (Å²) in [6.45, 7) is 2.37. The summed E-state index contributed by atoms with van der Waals surface area (Å²) in [7, 11) is 0. The van der Waals surface area contributed by atoms with E-state index in [0.29, 0.717) is 13.0 Å². The second kappa shape index (κ2) is 10.4. The number of nitrogens with one attached hydrogen (secondary N) is 2. The Labute approximate surface area is 157 Å². The van der Waals surface area contributed by atoms with Gasteiger partial charge in [-0.15, -0.1) is 0 Å². The topological polar surface area (TPSA) is 134 Å². The molecule has 144 valence electrons. The number of fused-ring (bicyclic) bond motifs is 1. The fraction of sp³-hybridized carbons (Fsp3) is 0.421. The smallest absolute Gasteiger partial charge is 0.323 e. The van der Waals surface area contributed by atoms with E-state index in [1.807, 2.05) is 30.5 Å². The Morgan fingerprint density at radius 1 is 1.41 bits per heavy atom. The second-order valence-electron chi connectivity index (χ2n) is 6.29. The first kappa shape index (κ1) is 20.5. The molecule has 0 radical (unpaired) electrons. The molecule has 0 fully saturated rings. The highest BCUT2D eigenvalue weighted by molar-refractivity contribution is 6.25. The van der Waals surface area contributed by atoms with Crippen molar-refractivity contribution in [2.75, 3.05) is 13.2 Å². The quantitative estimate of drug-likeness (QED) is 0.236. The normalized spacial score (nSPS) is 13.0. The number of benzene rings is 1. The maximum absolute atomic E-state index is 12.1. The SMILES string of the molecule is CCOC(=O)C(CCC(=O)C=[N+]=[N-])NCC(N)Cc1c[nH]c2ccccc12. The van der Waals surface area contributed by atoms with Gasteiger partial charge in [-0.2, -0.15) is 4.79 Å². The number of H-pyrrole nitrogens is 1. The molecule has 27 heavy (non-hydrogen) atoms. The molecule has 0 spiro atoms. The van der Waals surface area contributed by atoms with Crippen LogP contribution in [0.4, 0.5) is 0 Å². The van der Waals surface area contributed by atoms with E-state index >= 15 is 0 Å². The molecule has 8 nitrogen and oxygen atoms in total. The fourth-order valence-corrected chi connectivity index (χ4v) is 2.91. The van der Waals surface area contributed by atoms with Crippen molar-refractivity contribution in [2.24, 2.45) is 5.73 Å². The van der Waals surface area contributed by atoms with E-state index in [1.165, 1.54) is 0 Å². The molecule has 0 aliphatic heterocycles. The molecule has 1 aromatic heterocycles. The number of hydrogen-bond acceptors (Lipinski definition) is 5. The number of aromatic amines is 1. The van der Waals surface area contributed by atoms with E-state index in [-0.39, 0.29) is 31.3 Å². The van der Waals surface area contributed by atoms with Crippen LogP contribution in [0, 0.1) is 0 Å². The monoisotopic (exact) mass is 371 g/mol. The molecular formula is C19H25N5O3. The minimum Gasteiger partial charge on any atom is -0.465 e. The molecular weight excluding hydrogens is 346 g/mol. The molecule has 4 N–H and O–H groups in total. The van der Waals surface area contributed by atoms with Gasteiger partial charge in [-0.1, -0.05) is 18.2 Å². The highest BCUT2D eigenvalue weighted by Gasteiger charge is 2.22. The van der Waals surface area contributed by atoms with E-state index in [2.05, 4.69) is 15.1 Å². The number of Topliss-reactive ketones (excluding diaryl/α,β-unsaturated/α-hetero) is 1. The summed E-state index contributed by atoms with van der Waals surface area (Å²) in [5, 5.41) is 4.22. The molecule has 0 saturated carbocycles. The van der Waals surface area contributed by atoms with Gasteiger partial charge in [0.1, 0.15) is 6.04 Å². The van der Waals surface area contributed by atoms with Gasteiger partial charge in [0.25, 0.3) is 0 Å². The van der Waals surface area contributed by atoms with Gasteiger partial charge >= 0.3 is 12.2 Å². The van der Waals surface area contributed by atoms with Gasteiger partial charge in [-0.25, -0.2) is 0 Å². The highest BCUT2D eigenvalue weighted by atomic mass is 16.5. The number of nitrogens with two attached hydrogens (primary N) is 1. The lowest BCUT2D eigenvalue weighted by Crippen LogP contribution is -2.45. The Morgan fingerprint density at radius 3 is 2.93 bits per heavy atom. The van der Waals surface area contributed by atoms with Crippen molar-refractivity contribution in [3.63, 3.8) is 0 Å². The average molecular weight is 371 g/mol. The van der Waals surface area contributed by atoms with Gasteiger partial charge in [-0.3, -0.25) is 9.59 Å². The van der Waals surface area contributed by atoms with Gasteiger partial charge in [0.2, 0.25) is 5.78 Å². The van der Waals surface area contributed by atoms with Gasteiger partial charge < -0.3 is 26.3 Å². The van der Waals surface area contributed by atoms with Crippen LogP contribution in [0.5, 0.6) is 0 Å². The summed E-state index contributed by atoms with van der Waals surface area (Å²) in [6, 6.07) is 7.14. The third-order valence-corrected chi connectivity index (χ3v) is 4.24. The van der Waals surface area contributed by atoms with Crippen LogP contribution in [-0.4, -0.2) is 53.0 Å². The number of nitrogens with zero attached hydrogens (tertiary/aromatic N) is 2. The summed E-state index contributed by atoms with van der Waals surface area (Å²) in [5.41, 5.74) is 16.8. The molecule has 0 bridgehead atoms. The van der Waals surface area contributed by atoms with Gasteiger partial charge in [-0.05, 0) is 31.4 Å². The van der Waals surface area contributed by atoms with Crippen molar-refractivity contribution in [2.45, 2.75) is 38.3 Å². The fourth-order valence-electron chi connectivity index (χ4n) is 2.91. The lowest BCUT2D eigenvalue weighted by atomic mass is 10.0. The first-order chi connectivity index (χ1) is 13.0. The van der Waals surface area contributed by atoms with Crippen LogP contribution in [0.1, 0.15) is 25.3 Å². The number of rotatable bonds is 11. The Hall–Kier alpha value is -2.80. The molecule has 1 aromatic carbocycles. The van der Waals surface area contributed by atoms with Crippen LogP contribution >= 0.6 is 0 Å². The Balaban J connectivity index is 1.92. The zero-order chi connectivity index (χ0) is 19.6. The Morgan fingerprint density at radius 2 is 2.19 bits per heavy atom. The van der Waals surface area contributed by atoms with Crippen LogP contribution in [-0.2, 0) is 20.7 Å². The molecule has 2 rings (SSSR count). The third kappa shape index (κ3) is 6.14. The highest BCUT2D eigenvalue weighted by Crippen LogP contribution is 2.18. The van der Waals surface area contributed by atoms with E-state index in [4.69, 9.17) is 16.0 Å². The lowest BCUT2D eigenvalue weighted by Gasteiger charge is -2.19. The summed E-state index contributed by atoms with van der Waals surface area (Å²) < 4.78 is 5.05. The van der Waals surface area contributed by atoms with E-state index in [9.17, 15) is 9.59 Å². The number of carbonyl (C=O) groups is 2. The third-order valence-electron chi connectivity index (χ3n) is 4.24. The summed E-state index contributed by atoms with van der Waals surface area (Å²) in [4.78, 5) is 29.5. The first-order valence-corrected chi connectivity index (χ1v) is 8.96. The van der Waals surface area contributed by atoms with Crippen molar-refractivity contribution in [3.8, 4) is 0 Å². The molecule has 1 heterocycles. The van der Waals surface area contributed by atoms with Crippen molar-refractivity contribution in [3.05, 3.63) is 41.6 Å². The first-order valence-electron chi connectivity index (χ1n) is 8.96. The Bertz CT molecular complexity index is 826. The molecule has 0 amide bonds. The minimum absolute atomic E-state index is 0.0677. The van der Waals surface area contributed by atoms with E-state index < -0.39 is 12.0 Å². The van der Waals surface area contributed by atoms with Gasteiger partial charge in [0, 0.05) is 36.1 Å². The predicted octanol–water partition coefficient (Wildman–Crippen LogP) is 1.21. The van der Waals surface area contributed by atoms with Crippen LogP contribution < -0.4 is 11.1 Å². The number of hydrogen-bond donors (Lipinski definition) is 3. The molecule has 0 aliphatic carbocycles. The van der Waals surface area contributed by atoms with Crippen molar-refractivity contribution < 1.29 is 19.1 Å². The summed E-state index contributed by atoms with van der Waals surface area (Å²) in [6.07, 6.45) is 3.72. The van der Waals surface area contributed by atoms with Crippen molar-refractivity contribution in [1.82, 2.24) is 10.3 Å². The zero-order valence-corrected chi connectivity index (χ0v) is 15.4. The number of aromatic nitrogens is 1. The minimum atomic E-state index is -0.644. The summed E-state index contributed by atoms with van der Waals surface area (Å²) >= 11 is 0. The van der Waals surface area contributed by atoms with Crippen molar-refractivity contribution >= 4 is 28.9 Å². The molecule has 2 aromatic rings. The average Bonchev–Trinajstić information content (AvgIpc) is 3.05. The second-order valence-corrected chi connectivity index (χ2v) is 6.29. The maximum Gasteiger partial charge on any atom is 0.323 e. The number of para-hydroxylation sites is 1. The zero-order valence-electron chi connectivity index (χ0n) is 15.4.